The Morgan fingerprint density at radius 1 is 1.12 bits per heavy atom. The second-order valence-electron chi connectivity index (χ2n) is 11.1. The van der Waals surface area contributed by atoms with Crippen LogP contribution in [0.25, 0.3) is 11.0 Å². The Balaban J connectivity index is 1.55. The van der Waals surface area contributed by atoms with E-state index in [0.717, 1.165) is 56.5 Å². The first-order valence-electron chi connectivity index (χ1n) is 13.6. The van der Waals surface area contributed by atoms with Crippen molar-refractivity contribution in [3.8, 4) is 6.07 Å². The number of alkyl halides is 2. The zero-order chi connectivity index (χ0) is 28.8. The van der Waals surface area contributed by atoms with Gasteiger partial charge in [0.05, 0.1) is 28.5 Å². The van der Waals surface area contributed by atoms with E-state index in [9.17, 15) is 14.0 Å². The van der Waals surface area contributed by atoms with Crippen LogP contribution in [0, 0.1) is 24.1 Å². The Morgan fingerprint density at radius 2 is 1.82 bits per heavy atom. The van der Waals surface area contributed by atoms with Crippen molar-refractivity contribution >= 4 is 22.7 Å². The van der Waals surface area contributed by atoms with Gasteiger partial charge >= 0.3 is 0 Å². The fourth-order valence-corrected chi connectivity index (χ4v) is 5.41. The number of nitrogens with zero attached hydrogens (tertiary/aromatic N) is 6. The predicted octanol–water partition coefficient (Wildman–Crippen LogP) is 4.82. The van der Waals surface area contributed by atoms with E-state index >= 15 is 4.39 Å². The molecule has 2 N–H and O–H groups in total. The number of fused-ring (bicyclic) bond motifs is 1. The van der Waals surface area contributed by atoms with Crippen molar-refractivity contribution in [3.05, 3.63) is 52.6 Å². The average molecular weight is 554 g/mol. The highest BCUT2D eigenvalue weighted by Crippen LogP contribution is 2.51. The van der Waals surface area contributed by atoms with Crippen LogP contribution in [0.1, 0.15) is 62.2 Å². The van der Waals surface area contributed by atoms with Crippen molar-refractivity contribution in [2.24, 2.45) is 0 Å². The standard InChI is InChI=1S/C29H34F3N7O/c1-17(2)38-10-12-39(13-11-38)27-23(28(15-33)8-9-28)14-21-25(35-19(4)36-26(21)37-27)34-18(3)20-6-5-7-22(24(20)30)29(31,32)16-40/h5-7,14,17-18,40H,8-13,16H2,1-4H3,(H,34,35,36,37)/t18-/m1/s1. The number of aliphatic hydroxyl groups excluding tert-OH is 1. The summed E-state index contributed by atoms with van der Waals surface area (Å²) >= 11 is 0. The van der Waals surface area contributed by atoms with Crippen LogP contribution in [-0.2, 0) is 11.3 Å². The van der Waals surface area contributed by atoms with Crippen LogP contribution < -0.4 is 10.2 Å². The van der Waals surface area contributed by atoms with Gasteiger partial charge in [-0.05, 0) is 52.7 Å². The van der Waals surface area contributed by atoms with Crippen LogP contribution in [-0.4, -0.2) is 63.8 Å². The minimum absolute atomic E-state index is 0.0126. The molecule has 1 saturated carbocycles. The predicted molar refractivity (Wildman–Crippen MR) is 147 cm³/mol. The Morgan fingerprint density at radius 3 is 2.42 bits per heavy atom. The van der Waals surface area contributed by atoms with Gasteiger partial charge in [-0.1, -0.05) is 12.1 Å². The maximum absolute atomic E-state index is 15.2. The van der Waals surface area contributed by atoms with Crippen LogP contribution >= 0.6 is 0 Å². The van der Waals surface area contributed by atoms with Gasteiger partial charge in [0.2, 0.25) is 0 Å². The summed E-state index contributed by atoms with van der Waals surface area (Å²) < 4.78 is 43.5. The number of rotatable bonds is 8. The molecule has 1 aliphatic carbocycles. The van der Waals surface area contributed by atoms with Crippen LogP contribution in [0.15, 0.2) is 24.3 Å². The number of nitrogens with one attached hydrogen (secondary N) is 1. The Bertz CT molecular complexity index is 1460. The first kappa shape index (κ1) is 28.1. The van der Waals surface area contributed by atoms with Crippen molar-refractivity contribution in [1.82, 2.24) is 19.9 Å². The number of benzene rings is 1. The zero-order valence-electron chi connectivity index (χ0n) is 23.2. The molecule has 1 aliphatic heterocycles. The van der Waals surface area contributed by atoms with Gasteiger partial charge in [0.25, 0.3) is 5.92 Å². The molecule has 1 aromatic carbocycles. The summed E-state index contributed by atoms with van der Waals surface area (Å²) in [6.07, 6.45) is 1.47. The lowest BCUT2D eigenvalue weighted by Crippen LogP contribution is -2.49. The van der Waals surface area contributed by atoms with Gasteiger partial charge in [0, 0.05) is 43.3 Å². The highest BCUT2D eigenvalue weighted by molar-refractivity contribution is 5.89. The summed E-state index contributed by atoms with van der Waals surface area (Å²) in [7, 11) is 0. The second-order valence-corrected chi connectivity index (χ2v) is 11.1. The molecule has 0 unspecified atom stereocenters. The van der Waals surface area contributed by atoms with Crippen molar-refractivity contribution in [3.63, 3.8) is 0 Å². The Labute approximate surface area is 231 Å². The van der Waals surface area contributed by atoms with Gasteiger partial charge in [0.1, 0.15) is 29.9 Å². The minimum Gasteiger partial charge on any atom is -0.390 e. The molecule has 3 aromatic rings. The summed E-state index contributed by atoms with van der Waals surface area (Å²) in [5, 5.41) is 22.9. The molecule has 2 aromatic heterocycles. The molecule has 212 valence electrons. The maximum atomic E-state index is 15.2. The SMILES string of the molecule is Cc1nc(N[C@H](C)c2cccc(C(F)(F)CO)c2F)c2cc(C3(C#N)CC3)c(N3CCN(C(C)C)CC3)nc2n1. The lowest BCUT2D eigenvalue weighted by atomic mass is 9.96. The smallest absolute Gasteiger partial charge is 0.298 e. The molecule has 0 radical (unpaired) electrons. The monoisotopic (exact) mass is 553 g/mol. The molecule has 8 nitrogen and oxygen atoms in total. The minimum atomic E-state index is -3.70. The summed E-state index contributed by atoms with van der Waals surface area (Å²) in [5.41, 5.74) is -0.198. The molecule has 40 heavy (non-hydrogen) atoms. The van der Waals surface area contributed by atoms with Gasteiger partial charge < -0.3 is 15.3 Å². The molecular formula is C29H34F3N7O. The first-order valence-corrected chi connectivity index (χ1v) is 13.6. The molecular weight excluding hydrogens is 519 g/mol. The van der Waals surface area contributed by atoms with E-state index < -0.39 is 35.4 Å². The van der Waals surface area contributed by atoms with Crippen molar-refractivity contribution < 1.29 is 18.3 Å². The third-order valence-electron chi connectivity index (χ3n) is 8.04. The number of hydrogen-bond acceptors (Lipinski definition) is 8. The molecule has 1 atom stereocenters. The summed E-state index contributed by atoms with van der Waals surface area (Å²) in [6, 6.07) is 7.86. The van der Waals surface area contributed by atoms with Gasteiger partial charge in [-0.2, -0.15) is 14.0 Å². The molecule has 11 heteroatoms. The van der Waals surface area contributed by atoms with E-state index in [4.69, 9.17) is 10.1 Å². The summed E-state index contributed by atoms with van der Waals surface area (Å²) in [5.74, 6) is -3.20. The molecule has 3 heterocycles. The molecule has 0 spiro atoms. The third kappa shape index (κ3) is 5.06. The van der Waals surface area contributed by atoms with Gasteiger partial charge in [-0.15, -0.1) is 0 Å². The molecule has 0 amide bonds. The van der Waals surface area contributed by atoms with Crippen molar-refractivity contribution in [2.45, 2.75) is 64.0 Å². The number of aromatic nitrogens is 3. The van der Waals surface area contributed by atoms with Crippen molar-refractivity contribution in [2.75, 3.05) is 43.0 Å². The first-order chi connectivity index (χ1) is 19.0. The van der Waals surface area contributed by atoms with Gasteiger partial charge in [-0.3, -0.25) is 4.90 Å². The highest BCUT2D eigenvalue weighted by Gasteiger charge is 2.48. The van der Waals surface area contributed by atoms with E-state index in [1.165, 1.54) is 12.1 Å². The van der Waals surface area contributed by atoms with E-state index in [1.807, 2.05) is 6.07 Å². The fourth-order valence-electron chi connectivity index (χ4n) is 5.41. The molecule has 5 rings (SSSR count). The average Bonchev–Trinajstić information content (AvgIpc) is 3.73. The highest BCUT2D eigenvalue weighted by atomic mass is 19.3. The second kappa shape index (κ2) is 10.5. The molecule has 2 aliphatic rings. The maximum Gasteiger partial charge on any atom is 0.298 e. The van der Waals surface area contributed by atoms with Crippen LogP contribution in [0.4, 0.5) is 24.8 Å². The number of hydrogen-bond donors (Lipinski definition) is 2. The summed E-state index contributed by atoms with van der Waals surface area (Å²) in [4.78, 5) is 18.7. The number of aryl methyl sites for hydroxylation is 1. The number of anilines is 2. The van der Waals surface area contributed by atoms with Crippen molar-refractivity contribution in [1.29, 1.82) is 5.26 Å². The number of pyridine rings is 1. The fraction of sp³-hybridized carbons (Fsp3) is 0.517. The van der Waals surface area contributed by atoms with Crippen LogP contribution in [0.3, 0.4) is 0 Å². The number of aliphatic hydroxyl groups is 1. The Kier molecular flexibility index (Phi) is 7.35. The zero-order valence-corrected chi connectivity index (χ0v) is 23.2. The number of nitriles is 1. The molecule has 2 fully saturated rings. The molecule has 1 saturated heterocycles. The van der Waals surface area contributed by atoms with E-state index in [2.05, 4.69) is 45.0 Å². The Hall–Kier alpha value is -3.49. The van der Waals surface area contributed by atoms with E-state index in [0.29, 0.717) is 28.7 Å². The quantitative estimate of drug-likeness (QED) is 0.410. The van der Waals surface area contributed by atoms with Crippen LogP contribution in [0.2, 0.25) is 0 Å². The number of piperazine rings is 1. The number of halogens is 3. The third-order valence-corrected chi connectivity index (χ3v) is 8.04. The normalized spacial score (nSPS) is 18.1. The molecule has 0 bridgehead atoms. The lowest BCUT2D eigenvalue weighted by Gasteiger charge is -2.38. The summed E-state index contributed by atoms with van der Waals surface area (Å²) in [6.45, 7) is 9.60. The van der Waals surface area contributed by atoms with Crippen LogP contribution in [0.5, 0.6) is 0 Å². The van der Waals surface area contributed by atoms with Gasteiger partial charge in [-0.25, -0.2) is 19.3 Å². The lowest BCUT2D eigenvalue weighted by molar-refractivity contribution is -0.0583. The topological polar surface area (TPSA) is 101 Å². The van der Waals surface area contributed by atoms with E-state index in [1.54, 1.807) is 13.8 Å². The van der Waals surface area contributed by atoms with Gasteiger partial charge in [0.15, 0.2) is 5.65 Å². The largest absolute Gasteiger partial charge is 0.390 e. The van der Waals surface area contributed by atoms with E-state index in [-0.39, 0.29) is 5.56 Å².